The Kier molecular flexibility index (Phi) is 6.44. The number of benzene rings is 1. The van der Waals surface area contributed by atoms with Gasteiger partial charge in [-0.05, 0) is 17.9 Å². The highest BCUT2D eigenvalue weighted by Gasteiger charge is 2.08. The molecule has 0 aromatic heterocycles. The van der Waals surface area contributed by atoms with E-state index in [4.69, 9.17) is 11.1 Å². The Morgan fingerprint density at radius 3 is 2.44 bits per heavy atom. The zero-order valence-electron chi connectivity index (χ0n) is 11.5. The molecule has 0 atom stereocenters. The predicted molar refractivity (Wildman–Crippen MR) is 78.0 cm³/mol. The minimum absolute atomic E-state index is 0.281. The average molecular weight is 247 g/mol. The maximum Gasteiger partial charge on any atom is 0.0918 e. The van der Waals surface area contributed by atoms with Crippen LogP contribution in [0.5, 0.6) is 0 Å². The van der Waals surface area contributed by atoms with Crippen LogP contribution in [-0.2, 0) is 6.42 Å². The standard InChI is InChI=1S/C15H25N3/c1-13(2)12-18(11-9-15(16)17)10-8-14-6-4-3-5-7-14/h3-7,13H,8-12H2,1-2H3,(H3,16,17). The minimum atomic E-state index is 0.281. The smallest absolute Gasteiger partial charge is 0.0918 e. The van der Waals surface area contributed by atoms with Gasteiger partial charge in [-0.1, -0.05) is 44.2 Å². The van der Waals surface area contributed by atoms with Crippen LogP contribution in [0.3, 0.4) is 0 Å². The van der Waals surface area contributed by atoms with Crippen molar-refractivity contribution >= 4 is 5.84 Å². The summed E-state index contributed by atoms with van der Waals surface area (Å²) in [5, 5.41) is 7.32. The van der Waals surface area contributed by atoms with Gasteiger partial charge in [-0.15, -0.1) is 0 Å². The molecule has 0 radical (unpaired) electrons. The van der Waals surface area contributed by atoms with Gasteiger partial charge in [0.25, 0.3) is 0 Å². The highest BCUT2D eigenvalue weighted by Crippen LogP contribution is 2.05. The summed E-state index contributed by atoms with van der Waals surface area (Å²) in [4.78, 5) is 2.40. The Morgan fingerprint density at radius 2 is 1.89 bits per heavy atom. The molecule has 100 valence electrons. The Morgan fingerprint density at radius 1 is 1.22 bits per heavy atom. The van der Waals surface area contributed by atoms with Gasteiger partial charge in [-0.3, -0.25) is 5.41 Å². The molecular formula is C15H25N3. The van der Waals surface area contributed by atoms with E-state index in [9.17, 15) is 0 Å². The van der Waals surface area contributed by atoms with Crippen molar-refractivity contribution in [3.05, 3.63) is 35.9 Å². The number of rotatable bonds is 8. The van der Waals surface area contributed by atoms with Crippen LogP contribution in [-0.4, -0.2) is 30.4 Å². The molecule has 3 N–H and O–H groups in total. The number of nitrogens with two attached hydrogens (primary N) is 1. The lowest BCUT2D eigenvalue weighted by molar-refractivity contribution is 0.253. The number of nitrogens with zero attached hydrogens (tertiary/aromatic N) is 1. The van der Waals surface area contributed by atoms with E-state index in [1.807, 2.05) is 6.07 Å². The molecule has 0 aliphatic heterocycles. The quantitative estimate of drug-likeness (QED) is 0.548. The summed E-state index contributed by atoms with van der Waals surface area (Å²) in [6, 6.07) is 10.5. The van der Waals surface area contributed by atoms with E-state index < -0.39 is 0 Å². The molecule has 0 aliphatic rings. The fraction of sp³-hybridized carbons (Fsp3) is 0.533. The SMILES string of the molecule is CC(C)CN(CCC(=N)N)CCc1ccccc1. The molecule has 0 unspecified atom stereocenters. The first-order valence-corrected chi connectivity index (χ1v) is 6.67. The molecule has 0 aliphatic carbocycles. The van der Waals surface area contributed by atoms with E-state index in [-0.39, 0.29) is 5.84 Å². The van der Waals surface area contributed by atoms with Crippen molar-refractivity contribution in [2.24, 2.45) is 11.7 Å². The van der Waals surface area contributed by atoms with Crippen molar-refractivity contribution in [3.63, 3.8) is 0 Å². The third-order valence-electron chi connectivity index (χ3n) is 2.88. The van der Waals surface area contributed by atoms with Crippen LogP contribution in [0, 0.1) is 11.3 Å². The number of hydrogen-bond acceptors (Lipinski definition) is 2. The highest BCUT2D eigenvalue weighted by molar-refractivity contribution is 5.76. The maximum atomic E-state index is 7.32. The van der Waals surface area contributed by atoms with Gasteiger partial charge in [0.1, 0.15) is 0 Å². The molecule has 3 heteroatoms. The van der Waals surface area contributed by atoms with Crippen molar-refractivity contribution in [3.8, 4) is 0 Å². The molecule has 0 heterocycles. The summed E-state index contributed by atoms with van der Waals surface area (Å²) >= 11 is 0. The molecule has 0 bridgehead atoms. The first kappa shape index (κ1) is 14.7. The van der Waals surface area contributed by atoms with E-state index in [2.05, 4.69) is 43.0 Å². The predicted octanol–water partition coefficient (Wildman–Crippen LogP) is 2.51. The zero-order chi connectivity index (χ0) is 13.4. The molecule has 18 heavy (non-hydrogen) atoms. The second kappa shape index (κ2) is 7.88. The fourth-order valence-corrected chi connectivity index (χ4v) is 2.02. The zero-order valence-corrected chi connectivity index (χ0v) is 11.5. The lowest BCUT2D eigenvalue weighted by Crippen LogP contribution is -2.33. The number of amidine groups is 1. The number of hydrogen-bond donors (Lipinski definition) is 2. The van der Waals surface area contributed by atoms with Crippen LogP contribution in [0.2, 0.25) is 0 Å². The first-order chi connectivity index (χ1) is 8.58. The Labute approximate surface area is 111 Å². The van der Waals surface area contributed by atoms with Crippen LogP contribution in [0.25, 0.3) is 0 Å². The van der Waals surface area contributed by atoms with Crippen molar-refractivity contribution in [1.29, 1.82) is 5.41 Å². The Hall–Kier alpha value is -1.35. The van der Waals surface area contributed by atoms with Crippen LogP contribution in [0.4, 0.5) is 0 Å². The lowest BCUT2D eigenvalue weighted by Gasteiger charge is -2.24. The fourth-order valence-electron chi connectivity index (χ4n) is 2.02. The minimum Gasteiger partial charge on any atom is -0.388 e. The first-order valence-electron chi connectivity index (χ1n) is 6.67. The van der Waals surface area contributed by atoms with E-state index in [0.717, 1.165) is 26.1 Å². The largest absolute Gasteiger partial charge is 0.388 e. The van der Waals surface area contributed by atoms with Crippen LogP contribution in [0.1, 0.15) is 25.8 Å². The van der Waals surface area contributed by atoms with Gasteiger partial charge >= 0.3 is 0 Å². The molecule has 1 aromatic rings. The second-order valence-electron chi connectivity index (χ2n) is 5.21. The Bertz CT molecular complexity index is 346. The van der Waals surface area contributed by atoms with Crippen molar-refractivity contribution < 1.29 is 0 Å². The third kappa shape index (κ3) is 6.40. The molecule has 0 saturated carbocycles. The topological polar surface area (TPSA) is 53.1 Å². The molecule has 0 saturated heterocycles. The molecule has 0 spiro atoms. The summed E-state index contributed by atoms with van der Waals surface area (Å²) in [5.41, 5.74) is 6.80. The maximum absolute atomic E-state index is 7.32. The van der Waals surface area contributed by atoms with Crippen molar-refractivity contribution in [2.45, 2.75) is 26.7 Å². The van der Waals surface area contributed by atoms with E-state index >= 15 is 0 Å². The van der Waals surface area contributed by atoms with E-state index in [0.29, 0.717) is 12.3 Å². The van der Waals surface area contributed by atoms with E-state index in [1.165, 1.54) is 5.56 Å². The summed E-state index contributed by atoms with van der Waals surface area (Å²) in [7, 11) is 0. The lowest BCUT2D eigenvalue weighted by atomic mass is 10.1. The van der Waals surface area contributed by atoms with Gasteiger partial charge in [0.05, 0.1) is 5.84 Å². The summed E-state index contributed by atoms with van der Waals surface area (Å²) in [6.07, 6.45) is 1.73. The second-order valence-corrected chi connectivity index (χ2v) is 5.21. The number of nitrogens with one attached hydrogen (secondary N) is 1. The van der Waals surface area contributed by atoms with Gasteiger partial charge in [0.2, 0.25) is 0 Å². The van der Waals surface area contributed by atoms with Gasteiger partial charge in [0.15, 0.2) is 0 Å². The average Bonchev–Trinajstić information content (AvgIpc) is 2.33. The summed E-state index contributed by atoms with van der Waals surface area (Å²) in [5.74, 6) is 0.927. The molecular weight excluding hydrogens is 222 g/mol. The molecule has 1 rings (SSSR count). The Balaban J connectivity index is 2.42. The summed E-state index contributed by atoms with van der Waals surface area (Å²) < 4.78 is 0. The summed E-state index contributed by atoms with van der Waals surface area (Å²) in [6.45, 7) is 7.45. The molecule has 3 nitrogen and oxygen atoms in total. The highest BCUT2D eigenvalue weighted by atomic mass is 15.1. The van der Waals surface area contributed by atoms with Crippen LogP contribution < -0.4 is 5.73 Å². The van der Waals surface area contributed by atoms with Gasteiger partial charge < -0.3 is 10.6 Å². The van der Waals surface area contributed by atoms with Crippen molar-refractivity contribution in [1.82, 2.24) is 4.90 Å². The molecule has 0 amide bonds. The van der Waals surface area contributed by atoms with Gasteiger partial charge in [0, 0.05) is 26.1 Å². The van der Waals surface area contributed by atoms with Gasteiger partial charge in [-0.25, -0.2) is 0 Å². The normalized spacial score (nSPS) is 11.1. The monoisotopic (exact) mass is 247 g/mol. The van der Waals surface area contributed by atoms with Crippen LogP contribution >= 0.6 is 0 Å². The molecule has 0 fully saturated rings. The molecule has 1 aromatic carbocycles. The van der Waals surface area contributed by atoms with Crippen LogP contribution in [0.15, 0.2) is 30.3 Å². The van der Waals surface area contributed by atoms with Crippen molar-refractivity contribution in [2.75, 3.05) is 19.6 Å². The third-order valence-corrected chi connectivity index (χ3v) is 2.88. The van der Waals surface area contributed by atoms with Gasteiger partial charge in [-0.2, -0.15) is 0 Å². The van der Waals surface area contributed by atoms with E-state index in [1.54, 1.807) is 0 Å².